The van der Waals surface area contributed by atoms with Crippen molar-refractivity contribution >= 4 is 17.2 Å². The number of halogens is 1. The average Bonchev–Trinajstić information content (AvgIpc) is 2.93. The van der Waals surface area contributed by atoms with Crippen molar-refractivity contribution in [3.05, 3.63) is 53.3 Å². The molecule has 0 atom stereocenters. The van der Waals surface area contributed by atoms with Crippen LogP contribution in [0.5, 0.6) is 17.2 Å². The largest absolute Gasteiger partial charge is 0.489 e. The Kier molecular flexibility index (Phi) is 3.62. The predicted molar refractivity (Wildman–Crippen MR) is 79.2 cm³/mol. The van der Waals surface area contributed by atoms with E-state index in [4.69, 9.17) is 32.2 Å². The van der Waals surface area contributed by atoms with Crippen molar-refractivity contribution in [3.8, 4) is 17.2 Å². The van der Waals surface area contributed by atoms with Gasteiger partial charge in [-0.05, 0) is 18.2 Å². The first-order chi connectivity index (χ1) is 10.1. The van der Waals surface area contributed by atoms with Crippen LogP contribution >= 0.6 is 12.2 Å². The van der Waals surface area contributed by atoms with Gasteiger partial charge in [-0.15, -0.1) is 0 Å². The maximum Gasteiger partial charge on any atom is 0.231 e. The molecule has 0 fully saturated rings. The number of rotatable bonds is 4. The minimum atomic E-state index is -0.453. The van der Waals surface area contributed by atoms with Gasteiger partial charge >= 0.3 is 0 Å². The van der Waals surface area contributed by atoms with Crippen molar-refractivity contribution in [1.82, 2.24) is 0 Å². The summed E-state index contributed by atoms with van der Waals surface area (Å²) in [5, 5.41) is 0. The molecule has 1 aliphatic rings. The summed E-state index contributed by atoms with van der Waals surface area (Å²) in [4.78, 5) is 0.0254. The zero-order valence-electron chi connectivity index (χ0n) is 11.0. The van der Waals surface area contributed by atoms with Crippen LogP contribution in [0.2, 0.25) is 0 Å². The molecule has 0 aliphatic carbocycles. The highest BCUT2D eigenvalue weighted by atomic mass is 32.1. The number of fused-ring (bicyclic) bond motifs is 1. The summed E-state index contributed by atoms with van der Waals surface area (Å²) in [5.74, 6) is 1.40. The lowest BCUT2D eigenvalue weighted by Gasteiger charge is -2.10. The van der Waals surface area contributed by atoms with Crippen molar-refractivity contribution in [2.45, 2.75) is 6.61 Å². The summed E-state index contributed by atoms with van der Waals surface area (Å²) in [6.07, 6.45) is 0. The van der Waals surface area contributed by atoms with Crippen LogP contribution in [-0.4, -0.2) is 11.8 Å². The topological polar surface area (TPSA) is 53.7 Å². The van der Waals surface area contributed by atoms with E-state index in [0.717, 1.165) is 0 Å². The molecule has 3 rings (SSSR count). The number of ether oxygens (including phenoxy) is 3. The van der Waals surface area contributed by atoms with Crippen LogP contribution in [-0.2, 0) is 6.61 Å². The molecule has 0 saturated carbocycles. The number of hydrogen-bond acceptors (Lipinski definition) is 4. The van der Waals surface area contributed by atoms with E-state index >= 15 is 0 Å². The fraction of sp³-hybridized carbons (Fsp3) is 0.133. The second-order valence-corrected chi connectivity index (χ2v) is 4.89. The molecule has 1 heterocycles. The zero-order chi connectivity index (χ0) is 14.8. The van der Waals surface area contributed by atoms with Gasteiger partial charge in [-0.1, -0.05) is 24.4 Å². The van der Waals surface area contributed by atoms with Gasteiger partial charge in [0, 0.05) is 17.2 Å². The normalized spacial score (nSPS) is 12.2. The van der Waals surface area contributed by atoms with Gasteiger partial charge in [-0.25, -0.2) is 4.39 Å². The molecule has 2 aromatic rings. The van der Waals surface area contributed by atoms with E-state index in [1.54, 1.807) is 36.4 Å². The van der Waals surface area contributed by atoms with Gasteiger partial charge in [-0.2, -0.15) is 0 Å². The Hall–Kier alpha value is -2.34. The molecule has 21 heavy (non-hydrogen) atoms. The first-order valence-electron chi connectivity index (χ1n) is 6.25. The average molecular weight is 305 g/mol. The standard InChI is InChI=1S/C15H12FNO3S/c16-14-9(2-1-3-11(14)15(17)21)7-18-10-4-5-12-13(6-10)20-8-19-12/h1-6H,7-8H2,(H2,17,21). The van der Waals surface area contributed by atoms with E-state index < -0.39 is 5.82 Å². The summed E-state index contributed by atoms with van der Waals surface area (Å²) in [6.45, 7) is 0.269. The van der Waals surface area contributed by atoms with Crippen LogP contribution in [0.15, 0.2) is 36.4 Å². The monoisotopic (exact) mass is 305 g/mol. The van der Waals surface area contributed by atoms with Crippen LogP contribution < -0.4 is 19.9 Å². The molecule has 0 spiro atoms. The van der Waals surface area contributed by atoms with Crippen LogP contribution in [0.25, 0.3) is 0 Å². The first-order valence-corrected chi connectivity index (χ1v) is 6.65. The summed E-state index contributed by atoms with van der Waals surface area (Å²) >= 11 is 4.81. The highest BCUT2D eigenvalue weighted by Crippen LogP contribution is 2.35. The van der Waals surface area contributed by atoms with Gasteiger partial charge in [0.05, 0.1) is 0 Å². The lowest BCUT2D eigenvalue weighted by molar-refractivity contribution is 0.173. The van der Waals surface area contributed by atoms with Crippen molar-refractivity contribution in [2.24, 2.45) is 5.73 Å². The van der Waals surface area contributed by atoms with Gasteiger partial charge in [-0.3, -0.25) is 0 Å². The number of thiocarbonyl (C=S) groups is 1. The molecule has 0 bridgehead atoms. The van der Waals surface area contributed by atoms with Crippen molar-refractivity contribution in [1.29, 1.82) is 0 Å². The summed E-state index contributed by atoms with van der Waals surface area (Å²) < 4.78 is 30.2. The minimum absolute atomic E-state index is 0.0254. The van der Waals surface area contributed by atoms with Crippen molar-refractivity contribution in [2.75, 3.05) is 6.79 Å². The number of nitrogens with two attached hydrogens (primary N) is 1. The number of hydrogen-bond donors (Lipinski definition) is 1. The summed E-state index contributed by atoms with van der Waals surface area (Å²) in [6, 6.07) is 10.1. The predicted octanol–water partition coefficient (Wildman–Crippen LogP) is 2.77. The molecule has 0 aromatic heterocycles. The molecule has 2 N–H and O–H groups in total. The Bertz CT molecular complexity index is 705. The Balaban J connectivity index is 1.76. The first kappa shape index (κ1) is 13.6. The molecule has 108 valence electrons. The SMILES string of the molecule is NC(=S)c1cccc(COc2ccc3c(c2)OCO3)c1F. The van der Waals surface area contributed by atoms with E-state index in [1.807, 2.05) is 0 Å². The third-order valence-electron chi connectivity index (χ3n) is 3.08. The molecule has 0 amide bonds. The maximum absolute atomic E-state index is 14.2. The van der Waals surface area contributed by atoms with Crippen molar-refractivity contribution < 1.29 is 18.6 Å². The summed E-state index contributed by atoms with van der Waals surface area (Å²) in [7, 11) is 0. The smallest absolute Gasteiger partial charge is 0.231 e. The molecular weight excluding hydrogens is 293 g/mol. The van der Waals surface area contributed by atoms with Crippen LogP contribution in [0.4, 0.5) is 4.39 Å². The van der Waals surface area contributed by atoms with Crippen LogP contribution in [0.3, 0.4) is 0 Å². The highest BCUT2D eigenvalue weighted by molar-refractivity contribution is 7.80. The quantitative estimate of drug-likeness (QED) is 0.880. The molecule has 4 nitrogen and oxygen atoms in total. The van der Waals surface area contributed by atoms with Crippen LogP contribution in [0.1, 0.15) is 11.1 Å². The lowest BCUT2D eigenvalue weighted by Crippen LogP contribution is -2.13. The van der Waals surface area contributed by atoms with Gasteiger partial charge in [0.1, 0.15) is 23.2 Å². The highest BCUT2D eigenvalue weighted by Gasteiger charge is 2.14. The maximum atomic E-state index is 14.2. The third-order valence-corrected chi connectivity index (χ3v) is 3.30. The van der Waals surface area contributed by atoms with E-state index in [1.165, 1.54) is 0 Å². The van der Waals surface area contributed by atoms with E-state index in [0.29, 0.717) is 22.8 Å². The van der Waals surface area contributed by atoms with Gasteiger partial charge in [0.2, 0.25) is 6.79 Å². The van der Waals surface area contributed by atoms with Gasteiger partial charge in [0.25, 0.3) is 0 Å². The summed E-state index contributed by atoms with van der Waals surface area (Å²) in [5.41, 5.74) is 6.08. The molecule has 1 aliphatic heterocycles. The Morgan fingerprint density at radius 2 is 2.05 bits per heavy atom. The Morgan fingerprint density at radius 3 is 2.86 bits per heavy atom. The van der Waals surface area contributed by atoms with Gasteiger partial charge < -0.3 is 19.9 Å². The minimum Gasteiger partial charge on any atom is -0.489 e. The fourth-order valence-electron chi connectivity index (χ4n) is 2.01. The molecule has 0 saturated heterocycles. The second-order valence-electron chi connectivity index (χ2n) is 4.45. The number of benzene rings is 2. The molecule has 6 heteroatoms. The Labute approximate surface area is 126 Å². The van der Waals surface area contributed by atoms with Gasteiger partial charge in [0.15, 0.2) is 11.5 Å². The molecular formula is C15H12FNO3S. The third kappa shape index (κ3) is 2.75. The van der Waals surface area contributed by atoms with E-state index in [-0.39, 0.29) is 24.0 Å². The van der Waals surface area contributed by atoms with E-state index in [9.17, 15) is 4.39 Å². The molecule has 2 aromatic carbocycles. The van der Waals surface area contributed by atoms with Crippen LogP contribution in [0, 0.1) is 5.82 Å². The molecule has 0 radical (unpaired) electrons. The Morgan fingerprint density at radius 1 is 1.24 bits per heavy atom. The zero-order valence-corrected chi connectivity index (χ0v) is 11.8. The van der Waals surface area contributed by atoms with E-state index in [2.05, 4.69) is 0 Å². The van der Waals surface area contributed by atoms with Crippen molar-refractivity contribution in [3.63, 3.8) is 0 Å². The second kappa shape index (κ2) is 5.57. The lowest BCUT2D eigenvalue weighted by atomic mass is 10.1. The molecule has 0 unspecified atom stereocenters. The fourth-order valence-corrected chi connectivity index (χ4v) is 2.17.